The smallest absolute Gasteiger partial charge is 0.0819 e. The molecule has 0 spiro atoms. The largest absolute Gasteiger partial charge is 0.388 e. The molecule has 0 atom stereocenters. The predicted molar refractivity (Wildman–Crippen MR) is 76.7 cm³/mol. The Morgan fingerprint density at radius 1 is 1.22 bits per heavy atom. The van der Waals surface area contributed by atoms with Gasteiger partial charge < -0.3 is 10.4 Å². The Morgan fingerprint density at radius 3 is 2.39 bits per heavy atom. The third-order valence-electron chi connectivity index (χ3n) is 4.30. The van der Waals surface area contributed by atoms with Crippen molar-refractivity contribution >= 4 is 5.69 Å². The SMILES string of the molecule is CC(C)C1CCC(O)(CNc2ccccc2)CC1. The van der Waals surface area contributed by atoms with E-state index in [9.17, 15) is 5.11 Å². The van der Waals surface area contributed by atoms with Crippen molar-refractivity contribution in [3.63, 3.8) is 0 Å². The monoisotopic (exact) mass is 247 g/mol. The van der Waals surface area contributed by atoms with Crippen molar-refractivity contribution < 1.29 is 5.11 Å². The lowest BCUT2D eigenvalue weighted by molar-refractivity contribution is -0.00349. The molecule has 0 unspecified atom stereocenters. The summed E-state index contributed by atoms with van der Waals surface area (Å²) in [4.78, 5) is 0. The van der Waals surface area contributed by atoms with E-state index in [1.807, 2.05) is 30.3 Å². The van der Waals surface area contributed by atoms with Crippen LogP contribution in [0.5, 0.6) is 0 Å². The van der Waals surface area contributed by atoms with Gasteiger partial charge in [0.15, 0.2) is 0 Å². The van der Waals surface area contributed by atoms with Crippen LogP contribution in [-0.4, -0.2) is 17.3 Å². The minimum Gasteiger partial charge on any atom is -0.388 e. The van der Waals surface area contributed by atoms with Gasteiger partial charge in [0.05, 0.1) is 5.60 Å². The molecule has 1 aromatic rings. The molecule has 0 amide bonds. The van der Waals surface area contributed by atoms with E-state index in [4.69, 9.17) is 0 Å². The zero-order chi connectivity index (χ0) is 13.0. The molecule has 1 aliphatic carbocycles. The van der Waals surface area contributed by atoms with Crippen molar-refractivity contribution in [2.45, 2.75) is 45.1 Å². The molecule has 0 bridgehead atoms. The first-order valence-electron chi connectivity index (χ1n) is 7.10. The minimum atomic E-state index is -0.513. The molecule has 2 nitrogen and oxygen atoms in total. The lowest BCUT2D eigenvalue weighted by Gasteiger charge is -2.37. The number of hydrogen-bond donors (Lipinski definition) is 2. The van der Waals surface area contributed by atoms with E-state index in [1.165, 1.54) is 0 Å². The standard InChI is InChI=1S/C16H25NO/c1-13(2)14-8-10-16(18,11-9-14)12-17-15-6-4-3-5-7-15/h3-7,13-14,17-18H,8-12H2,1-2H3. The molecule has 2 N–H and O–H groups in total. The molecule has 0 aromatic heterocycles. The van der Waals surface area contributed by atoms with Gasteiger partial charge >= 0.3 is 0 Å². The first-order chi connectivity index (χ1) is 8.59. The van der Waals surface area contributed by atoms with Crippen LogP contribution in [0.4, 0.5) is 5.69 Å². The summed E-state index contributed by atoms with van der Waals surface area (Å²) in [6.45, 7) is 5.25. The quantitative estimate of drug-likeness (QED) is 0.850. The third kappa shape index (κ3) is 3.49. The molecular formula is C16H25NO. The molecule has 0 saturated heterocycles. The van der Waals surface area contributed by atoms with Gasteiger partial charge in [0.1, 0.15) is 0 Å². The normalized spacial score (nSPS) is 28.3. The Kier molecular flexibility index (Phi) is 4.28. The number of para-hydroxylation sites is 1. The number of rotatable bonds is 4. The molecule has 1 saturated carbocycles. The summed E-state index contributed by atoms with van der Waals surface area (Å²) < 4.78 is 0. The van der Waals surface area contributed by atoms with Crippen molar-refractivity contribution in [3.05, 3.63) is 30.3 Å². The van der Waals surface area contributed by atoms with Crippen molar-refractivity contribution in [2.75, 3.05) is 11.9 Å². The maximum Gasteiger partial charge on any atom is 0.0819 e. The van der Waals surface area contributed by atoms with E-state index in [0.29, 0.717) is 6.54 Å². The molecule has 100 valence electrons. The van der Waals surface area contributed by atoms with Gasteiger partial charge in [0.2, 0.25) is 0 Å². The molecule has 1 aliphatic rings. The van der Waals surface area contributed by atoms with Crippen molar-refractivity contribution in [3.8, 4) is 0 Å². The van der Waals surface area contributed by atoms with Crippen LogP contribution >= 0.6 is 0 Å². The highest BCUT2D eigenvalue weighted by molar-refractivity contribution is 5.42. The van der Waals surface area contributed by atoms with Gasteiger partial charge in [0.25, 0.3) is 0 Å². The highest BCUT2D eigenvalue weighted by atomic mass is 16.3. The maximum absolute atomic E-state index is 10.6. The number of anilines is 1. The number of nitrogens with one attached hydrogen (secondary N) is 1. The summed E-state index contributed by atoms with van der Waals surface area (Å²) in [5.41, 5.74) is 0.582. The summed E-state index contributed by atoms with van der Waals surface area (Å²) in [7, 11) is 0. The summed E-state index contributed by atoms with van der Waals surface area (Å²) >= 11 is 0. The van der Waals surface area contributed by atoms with Gasteiger partial charge in [-0.15, -0.1) is 0 Å². The Bertz CT molecular complexity index is 353. The molecule has 1 aromatic carbocycles. The molecule has 0 heterocycles. The second kappa shape index (κ2) is 5.75. The van der Waals surface area contributed by atoms with Crippen molar-refractivity contribution in [1.82, 2.24) is 0 Å². The first-order valence-corrected chi connectivity index (χ1v) is 7.10. The fourth-order valence-electron chi connectivity index (χ4n) is 2.84. The van der Waals surface area contributed by atoms with Crippen LogP contribution in [0.3, 0.4) is 0 Å². The van der Waals surface area contributed by atoms with Gasteiger partial charge in [-0.25, -0.2) is 0 Å². The fraction of sp³-hybridized carbons (Fsp3) is 0.625. The van der Waals surface area contributed by atoms with Crippen LogP contribution in [-0.2, 0) is 0 Å². The Balaban J connectivity index is 1.83. The topological polar surface area (TPSA) is 32.3 Å². The van der Waals surface area contributed by atoms with Gasteiger partial charge in [-0.1, -0.05) is 32.0 Å². The van der Waals surface area contributed by atoms with Crippen molar-refractivity contribution in [2.24, 2.45) is 11.8 Å². The lowest BCUT2D eigenvalue weighted by Crippen LogP contribution is -2.41. The van der Waals surface area contributed by atoms with Gasteiger partial charge in [-0.3, -0.25) is 0 Å². The second-order valence-electron chi connectivity index (χ2n) is 6.03. The molecule has 1 fully saturated rings. The average Bonchev–Trinajstić information content (AvgIpc) is 2.38. The van der Waals surface area contributed by atoms with E-state index in [2.05, 4.69) is 19.2 Å². The maximum atomic E-state index is 10.6. The first kappa shape index (κ1) is 13.4. The van der Waals surface area contributed by atoms with E-state index in [-0.39, 0.29) is 0 Å². The van der Waals surface area contributed by atoms with Crippen LogP contribution in [0, 0.1) is 11.8 Å². The van der Waals surface area contributed by atoms with E-state index in [0.717, 1.165) is 43.2 Å². The highest BCUT2D eigenvalue weighted by Gasteiger charge is 2.33. The average molecular weight is 247 g/mol. The van der Waals surface area contributed by atoms with Crippen LogP contribution in [0.25, 0.3) is 0 Å². The molecule has 18 heavy (non-hydrogen) atoms. The highest BCUT2D eigenvalue weighted by Crippen LogP contribution is 2.35. The van der Waals surface area contributed by atoms with E-state index in [1.54, 1.807) is 0 Å². The minimum absolute atomic E-state index is 0.513. The molecule has 2 rings (SSSR count). The summed E-state index contributed by atoms with van der Waals surface area (Å²) in [6, 6.07) is 10.1. The summed E-state index contributed by atoms with van der Waals surface area (Å²) in [5, 5.41) is 13.9. The molecular weight excluding hydrogens is 222 g/mol. The van der Waals surface area contributed by atoms with Crippen LogP contribution in [0.15, 0.2) is 30.3 Å². The third-order valence-corrected chi connectivity index (χ3v) is 4.30. The molecule has 2 heteroatoms. The Morgan fingerprint density at radius 2 is 1.83 bits per heavy atom. The number of benzene rings is 1. The predicted octanol–water partition coefficient (Wildman–Crippen LogP) is 3.68. The second-order valence-corrected chi connectivity index (χ2v) is 6.03. The summed E-state index contributed by atoms with van der Waals surface area (Å²) in [5.74, 6) is 1.54. The number of hydrogen-bond acceptors (Lipinski definition) is 2. The molecule has 0 aliphatic heterocycles. The molecule has 0 radical (unpaired) electrons. The van der Waals surface area contributed by atoms with E-state index >= 15 is 0 Å². The van der Waals surface area contributed by atoms with Crippen molar-refractivity contribution in [1.29, 1.82) is 0 Å². The van der Waals surface area contributed by atoms with E-state index < -0.39 is 5.60 Å². The lowest BCUT2D eigenvalue weighted by atomic mass is 9.74. The Labute approximate surface area is 110 Å². The van der Waals surface area contributed by atoms with Gasteiger partial charge in [0, 0.05) is 12.2 Å². The fourth-order valence-corrected chi connectivity index (χ4v) is 2.84. The summed E-state index contributed by atoms with van der Waals surface area (Å²) in [6.07, 6.45) is 4.17. The Hall–Kier alpha value is -1.02. The van der Waals surface area contributed by atoms with Gasteiger partial charge in [-0.2, -0.15) is 0 Å². The number of aliphatic hydroxyl groups is 1. The van der Waals surface area contributed by atoms with Crippen LogP contribution in [0.2, 0.25) is 0 Å². The van der Waals surface area contributed by atoms with Crippen LogP contribution < -0.4 is 5.32 Å². The zero-order valence-electron chi connectivity index (χ0n) is 11.5. The van der Waals surface area contributed by atoms with Gasteiger partial charge in [-0.05, 0) is 49.7 Å². The zero-order valence-corrected chi connectivity index (χ0v) is 11.5. The van der Waals surface area contributed by atoms with Crippen LogP contribution in [0.1, 0.15) is 39.5 Å².